The van der Waals surface area contributed by atoms with E-state index >= 15 is 0 Å². The number of hydrogen-bond acceptors (Lipinski definition) is 3. The van der Waals surface area contributed by atoms with Crippen molar-refractivity contribution in [3.8, 4) is 11.5 Å². The Labute approximate surface area is 115 Å². The third-order valence-corrected chi connectivity index (χ3v) is 2.71. The van der Waals surface area contributed by atoms with Gasteiger partial charge in [-0.25, -0.2) is 0 Å². The molecule has 0 fully saturated rings. The van der Waals surface area contributed by atoms with E-state index in [4.69, 9.17) is 9.47 Å². The summed E-state index contributed by atoms with van der Waals surface area (Å²) in [5, 5.41) is 9.84. The van der Waals surface area contributed by atoms with Crippen LogP contribution in [0.5, 0.6) is 11.5 Å². The molecule has 0 heterocycles. The molecule has 1 atom stereocenters. The molecule has 0 spiro atoms. The van der Waals surface area contributed by atoms with Crippen molar-refractivity contribution < 1.29 is 14.6 Å². The number of aliphatic hydroxyl groups is 1. The first kappa shape index (κ1) is 15.6. The Kier molecular flexibility index (Phi) is 7.04. The molecule has 1 aromatic rings. The third kappa shape index (κ3) is 6.30. The van der Waals surface area contributed by atoms with Crippen LogP contribution in [0.25, 0.3) is 0 Å². The fourth-order valence-corrected chi connectivity index (χ4v) is 1.63. The Morgan fingerprint density at radius 1 is 1.16 bits per heavy atom. The molecule has 0 aliphatic rings. The predicted molar refractivity (Wildman–Crippen MR) is 77.7 cm³/mol. The summed E-state index contributed by atoms with van der Waals surface area (Å²) in [5.41, 5.74) is 0. The molecule has 0 aliphatic heterocycles. The minimum atomic E-state index is -0.435. The summed E-state index contributed by atoms with van der Waals surface area (Å²) in [6.45, 7) is 8.64. The van der Waals surface area contributed by atoms with E-state index in [1.165, 1.54) is 0 Å². The SMILES string of the molecule is C=CCOc1ccccc1OC[C@@H](O)CCC(C)C. The molecular formula is C16H24O3. The first-order chi connectivity index (χ1) is 9.13. The highest BCUT2D eigenvalue weighted by Gasteiger charge is 2.09. The van der Waals surface area contributed by atoms with E-state index in [1.54, 1.807) is 6.08 Å². The largest absolute Gasteiger partial charge is 0.487 e. The molecule has 3 heteroatoms. The topological polar surface area (TPSA) is 38.7 Å². The van der Waals surface area contributed by atoms with Gasteiger partial charge in [0.15, 0.2) is 11.5 Å². The smallest absolute Gasteiger partial charge is 0.161 e. The van der Waals surface area contributed by atoms with Crippen LogP contribution in [0.1, 0.15) is 26.7 Å². The fraction of sp³-hybridized carbons (Fsp3) is 0.500. The lowest BCUT2D eigenvalue weighted by Crippen LogP contribution is -2.18. The van der Waals surface area contributed by atoms with Crippen LogP contribution in [0, 0.1) is 5.92 Å². The molecule has 1 N–H and O–H groups in total. The number of benzene rings is 1. The van der Waals surface area contributed by atoms with E-state index in [9.17, 15) is 5.11 Å². The van der Waals surface area contributed by atoms with Crippen LogP contribution in [-0.2, 0) is 0 Å². The molecule has 0 radical (unpaired) electrons. The minimum absolute atomic E-state index is 0.293. The molecule has 0 bridgehead atoms. The molecule has 1 aromatic carbocycles. The van der Waals surface area contributed by atoms with Crippen molar-refractivity contribution in [1.82, 2.24) is 0 Å². The van der Waals surface area contributed by atoms with E-state index in [0.717, 1.165) is 12.8 Å². The summed E-state index contributed by atoms with van der Waals surface area (Å²) in [6.07, 6.45) is 3.01. The zero-order chi connectivity index (χ0) is 14.1. The Bertz CT molecular complexity index is 374. The van der Waals surface area contributed by atoms with Crippen molar-refractivity contribution in [1.29, 1.82) is 0 Å². The maximum Gasteiger partial charge on any atom is 0.161 e. The van der Waals surface area contributed by atoms with Crippen molar-refractivity contribution in [2.75, 3.05) is 13.2 Å². The summed E-state index contributed by atoms with van der Waals surface area (Å²) in [6, 6.07) is 7.46. The van der Waals surface area contributed by atoms with Crippen molar-refractivity contribution in [3.05, 3.63) is 36.9 Å². The zero-order valence-electron chi connectivity index (χ0n) is 11.8. The van der Waals surface area contributed by atoms with Crippen LogP contribution in [0.3, 0.4) is 0 Å². The molecule has 0 aliphatic carbocycles. The molecule has 0 saturated carbocycles. The quantitative estimate of drug-likeness (QED) is 0.694. The number of para-hydroxylation sites is 2. The highest BCUT2D eigenvalue weighted by atomic mass is 16.5. The highest BCUT2D eigenvalue weighted by Crippen LogP contribution is 2.26. The maximum atomic E-state index is 9.84. The van der Waals surface area contributed by atoms with E-state index in [0.29, 0.717) is 30.6 Å². The van der Waals surface area contributed by atoms with Gasteiger partial charge in [-0.2, -0.15) is 0 Å². The average molecular weight is 264 g/mol. The van der Waals surface area contributed by atoms with Crippen molar-refractivity contribution >= 4 is 0 Å². The first-order valence-corrected chi connectivity index (χ1v) is 6.77. The minimum Gasteiger partial charge on any atom is -0.487 e. The fourth-order valence-electron chi connectivity index (χ4n) is 1.63. The van der Waals surface area contributed by atoms with Crippen LogP contribution in [0.15, 0.2) is 36.9 Å². The van der Waals surface area contributed by atoms with Gasteiger partial charge in [-0.1, -0.05) is 38.6 Å². The zero-order valence-corrected chi connectivity index (χ0v) is 11.8. The van der Waals surface area contributed by atoms with Crippen LogP contribution in [0.4, 0.5) is 0 Å². The number of rotatable bonds is 9. The second-order valence-electron chi connectivity index (χ2n) is 4.98. The van der Waals surface area contributed by atoms with Gasteiger partial charge in [0.25, 0.3) is 0 Å². The second-order valence-corrected chi connectivity index (χ2v) is 4.98. The molecule has 3 nitrogen and oxygen atoms in total. The maximum absolute atomic E-state index is 9.84. The van der Waals surface area contributed by atoms with Gasteiger partial charge in [-0.05, 0) is 30.9 Å². The van der Waals surface area contributed by atoms with Crippen LogP contribution >= 0.6 is 0 Å². The van der Waals surface area contributed by atoms with E-state index < -0.39 is 6.10 Å². The van der Waals surface area contributed by atoms with Crippen LogP contribution in [-0.4, -0.2) is 24.4 Å². The van der Waals surface area contributed by atoms with Crippen molar-refractivity contribution in [3.63, 3.8) is 0 Å². The van der Waals surface area contributed by atoms with Gasteiger partial charge in [0.1, 0.15) is 13.2 Å². The van der Waals surface area contributed by atoms with Gasteiger partial charge in [0.05, 0.1) is 6.10 Å². The molecule has 106 valence electrons. The molecule has 0 aromatic heterocycles. The molecular weight excluding hydrogens is 240 g/mol. The van der Waals surface area contributed by atoms with Gasteiger partial charge in [0, 0.05) is 0 Å². The third-order valence-electron chi connectivity index (χ3n) is 2.71. The molecule has 1 rings (SSSR count). The van der Waals surface area contributed by atoms with Gasteiger partial charge < -0.3 is 14.6 Å². The lowest BCUT2D eigenvalue weighted by atomic mass is 10.1. The molecule has 0 saturated heterocycles. The normalized spacial score (nSPS) is 12.2. The molecule has 0 unspecified atom stereocenters. The highest BCUT2D eigenvalue weighted by molar-refractivity contribution is 5.39. The van der Waals surface area contributed by atoms with Gasteiger partial charge >= 0.3 is 0 Å². The molecule has 19 heavy (non-hydrogen) atoms. The summed E-state index contributed by atoms with van der Waals surface area (Å²) in [7, 11) is 0. The van der Waals surface area contributed by atoms with Gasteiger partial charge in [-0.3, -0.25) is 0 Å². The summed E-state index contributed by atoms with van der Waals surface area (Å²) in [4.78, 5) is 0. The predicted octanol–water partition coefficient (Wildman–Crippen LogP) is 3.43. The van der Waals surface area contributed by atoms with Gasteiger partial charge in [0.2, 0.25) is 0 Å². The summed E-state index contributed by atoms with van der Waals surface area (Å²) < 4.78 is 11.1. The molecule has 0 amide bonds. The Balaban J connectivity index is 2.45. The lowest BCUT2D eigenvalue weighted by Gasteiger charge is -2.15. The van der Waals surface area contributed by atoms with Gasteiger partial charge in [-0.15, -0.1) is 0 Å². The lowest BCUT2D eigenvalue weighted by molar-refractivity contribution is 0.0932. The van der Waals surface area contributed by atoms with E-state index in [1.807, 2.05) is 24.3 Å². The monoisotopic (exact) mass is 264 g/mol. The Morgan fingerprint density at radius 3 is 2.37 bits per heavy atom. The standard InChI is InChI=1S/C16H24O3/c1-4-11-18-15-7-5-6-8-16(15)19-12-14(17)10-9-13(2)3/h4-8,13-14,17H,1,9-12H2,2-3H3/t14-/m0/s1. The summed E-state index contributed by atoms with van der Waals surface area (Å²) >= 11 is 0. The Hall–Kier alpha value is -1.48. The second kappa shape index (κ2) is 8.59. The van der Waals surface area contributed by atoms with Crippen molar-refractivity contribution in [2.24, 2.45) is 5.92 Å². The van der Waals surface area contributed by atoms with E-state index in [-0.39, 0.29) is 0 Å². The van der Waals surface area contributed by atoms with Crippen LogP contribution < -0.4 is 9.47 Å². The summed E-state index contributed by atoms with van der Waals surface area (Å²) in [5.74, 6) is 1.93. The number of aliphatic hydroxyl groups excluding tert-OH is 1. The van der Waals surface area contributed by atoms with E-state index in [2.05, 4.69) is 20.4 Å². The van der Waals surface area contributed by atoms with Crippen molar-refractivity contribution in [2.45, 2.75) is 32.8 Å². The number of ether oxygens (including phenoxy) is 2. The first-order valence-electron chi connectivity index (χ1n) is 6.77. The average Bonchev–Trinajstić information content (AvgIpc) is 2.41. The number of hydrogen-bond donors (Lipinski definition) is 1. The van der Waals surface area contributed by atoms with Crippen LogP contribution in [0.2, 0.25) is 0 Å². The Morgan fingerprint density at radius 2 is 1.79 bits per heavy atom.